The van der Waals surface area contributed by atoms with Gasteiger partial charge in [0.25, 0.3) is 5.91 Å². The molecule has 0 fully saturated rings. The van der Waals surface area contributed by atoms with Crippen LogP contribution in [0.25, 0.3) is 0 Å². The molecule has 19 heavy (non-hydrogen) atoms. The molecule has 0 atom stereocenters. The second kappa shape index (κ2) is 5.34. The second-order valence-corrected chi connectivity index (χ2v) is 6.15. The summed E-state index contributed by atoms with van der Waals surface area (Å²) < 4.78 is 39.5. The molecular formula is C12H7BrF3NOS. The summed E-state index contributed by atoms with van der Waals surface area (Å²) >= 11 is 4.47. The Morgan fingerprint density at radius 2 is 1.79 bits per heavy atom. The largest absolute Gasteiger partial charge is 0.321 e. The number of rotatable bonds is 2. The fraction of sp³-hybridized carbons (Fsp3) is 0.0833. The molecule has 1 aromatic heterocycles. The van der Waals surface area contributed by atoms with Gasteiger partial charge in [-0.05, 0) is 34.5 Å². The van der Waals surface area contributed by atoms with Crippen LogP contribution in [0.15, 0.2) is 22.0 Å². The normalized spacial score (nSPS) is 10.6. The van der Waals surface area contributed by atoms with Gasteiger partial charge in [0.1, 0.15) is 0 Å². The van der Waals surface area contributed by atoms with Gasteiger partial charge >= 0.3 is 0 Å². The van der Waals surface area contributed by atoms with E-state index in [-0.39, 0.29) is 5.69 Å². The number of thiophene rings is 1. The van der Waals surface area contributed by atoms with Gasteiger partial charge in [0.05, 0.1) is 8.66 Å². The predicted octanol–water partition coefficient (Wildman–Crippen LogP) is 4.49. The van der Waals surface area contributed by atoms with Crippen LogP contribution in [0.3, 0.4) is 0 Å². The monoisotopic (exact) mass is 349 g/mol. The maximum atomic E-state index is 13.0. The fourth-order valence-electron chi connectivity index (χ4n) is 1.39. The SMILES string of the molecule is Cc1cc(C(=O)Nc2cc(F)c(F)c(F)c2)sc1Br. The highest BCUT2D eigenvalue weighted by atomic mass is 79.9. The summed E-state index contributed by atoms with van der Waals surface area (Å²) in [5.74, 6) is -4.77. The van der Waals surface area contributed by atoms with E-state index in [0.717, 1.165) is 21.5 Å². The van der Waals surface area contributed by atoms with E-state index in [1.807, 2.05) is 6.92 Å². The van der Waals surface area contributed by atoms with Crippen molar-refractivity contribution < 1.29 is 18.0 Å². The number of halogens is 4. The number of hydrogen-bond acceptors (Lipinski definition) is 2. The van der Waals surface area contributed by atoms with Crippen molar-refractivity contribution in [3.05, 3.63) is 49.9 Å². The van der Waals surface area contributed by atoms with E-state index in [2.05, 4.69) is 21.2 Å². The lowest BCUT2D eigenvalue weighted by Crippen LogP contribution is -2.11. The predicted molar refractivity (Wildman–Crippen MR) is 71.0 cm³/mol. The maximum Gasteiger partial charge on any atom is 0.265 e. The van der Waals surface area contributed by atoms with Gasteiger partial charge in [0.15, 0.2) is 17.5 Å². The molecule has 0 saturated carbocycles. The molecule has 0 aliphatic heterocycles. The van der Waals surface area contributed by atoms with E-state index in [1.165, 1.54) is 11.3 Å². The van der Waals surface area contributed by atoms with Crippen molar-refractivity contribution in [2.45, 2.75) is 6.92 Å². The van der Waals surface area contributed by atoms with Crippen LogP contribution in [0.5, 0.6) is 0 Å². The topological polar surface area (TPSA) is 29.1 Å². The van der Waals surface area contributed by atoms with Gasteiger partial charge in [-0.3, -0.25) is 4.79 Å². The summed E-state index contributed by atoms with van der Waals surface area (Å²) in [5, 5.41) is 2.31. The molecule has 7 heteroatoms. The molecule has 2 nitrogen and oxygen atoms in total. The number of carbonyl (C=O) groups is 1. The summed E-state index contributed by atoms with van der Waals surface area (Å²) in [7, 11) is 0. The van der Waals surface area contributed by atoms with Crippen LogP contribution in [-0.4, -0.2) is 5.91 Å². The van der Waals surface area contributed by atoms with Crippen LogP contribution in [-0.2, 0) is 0 Å². The van der Waals surface area contributed by atoms with E-state index < -0.39 is 23.4 Å². The Bertz CT molecular complexity index is 614. The lowest BCUT2D eigenvalue weighted by molar-refractivity contribution is 0.103. The second-order valence-electron chi connectivity index (χ2n) is 3.78. The van der Waals surface area contributed by atoms with Crippen LogP contribution in [0.2, 0.25) is 0 Å². The summed E-state index contributed by atoms with van der Waals surface area (Å²) in [5.41, 5.74) is 0.746. The van der Waals surface area contributed by atoms with E-state index in [9.17, 15) is 18.0 Å². The molecule has 100 valence electrons. The summed E-state index contributed by atoms with van der Waals surface area (Å²) in [4.78, 5) is 12.2. The molecule has 0 aliphatic carbocycles. The van der Waals surface area contributed by atoms with Gasteiger partial charge in [-0.25, -0.2) is 13.2 Å². The lowest BCUT2D eigenvalue weighted by Gasteiger charge is -2.04. The quantitative estimate of drug-likeness (QED) is 0.795. The zero-order valence-corrected chi connectivity index (χ0v) is 12.0. The first-order chi connectivity index (χ1) is 8.88. The molecule has 0 bridgehead atoms. The fourth-order valence-corrected chi connectivity index (χ4v) is 2.82. The van der Waals surface area contributed by atoms with E-state index in [0.29, 0.717) is 4.88 Å². The number of anilines is 1. The summed E-state index contributed by atoms with van der Waals surface area (Å²) in [6.45, 7) is 1.81. The molecule has 1 amide bonds. The average Bonchev–Trinajstić information content (AvgIpc) is 2.66. The van der Waals surface area contributed by atoms with Crippen LogP contribution >= 0.6 is 27.3 Å². The Morgan fingerprint density at radius 1 is 1.21 bits per heavy atom. The Kier molecular flexibility index (Phi) is 3.96. The number of hydrogen-bond donors (Lipinski definition) is 1. The van der Waals surface area contributed by atoms with Crippen molar-refractivity contribution >= 4 is 38.9 Å². The smallest absolute Gasteiger partial charge is 0.265 e. The van der Waals surface area contributed by atoms with Crippen molar-refractivity contribution in [1.29, 1.82) is 0 Å². The minimum absolute atomic E-state index is 0.136. The lowest BCUT2D eigenvalue weighted by atomic mass is 10.2. The number of amides is 1. The van der Waals surface area contributed by atoms with E-state index >= 15 is 0 Å². The molecule has 0 unspecified atom stereocenters. The third kappa shape index (κ3) is 2.98. The Balaban J connectivity index is 2.24. The molecule has 0 radical (unpaired) electrons. The average molecular weight is 350 g/mol. The zero-order chi connectivity index (χ0) is 14.2. The molecular weight excluding hydrogens is 343 g/mol. The van der Waals surface area contributed by atoms with Gasteiger partial charge in [-0.1, -0.05) is 0 Å². The number of benzene rings is 1. The highest BCUT2D eigenvalue weighted by molar-refractivity contribution is 9.11. The van der Waals surface area contributed by atoms with E-state index in [1.54, 1.807) is 6.07 Å². The van der Waals surface area contributed by atoms with Gasteiger partial charge in [0.2, 0.25) is 0 Å². The highest BCUT2D eigenvalue weighted by Gasteiger charge is 2.15. The Hall–Kier alpha value is -1.34. The molecule has 0 saturated heterocycles. The van der Waals surface area contributed by atoms with Gasteiger partial charge in [-0.2, -0.15) is 0 Å². The van der Waals surface area contributed by atoms with Gasteiger partial charge < -0.3 is 5.32 Å². The third-order valence-corrected chi connectivity index (χ3v) is 4.46. The number of carbonyl (C=O) groups excluding carboxylic acids is 1. The van der Waals surface area contributed by atoms with Crippen LogP contribution in [0.4, 0.5) is 18.9 Å². The first-order valence-electron chi connectivity index (χ1n) is 5.10. The van der Waals surface area contributed by atoms with Crippen LogP contribution < -0.4 is 5.32 Å². The maximum absolute atomic E-state index is 13.0. The number of nitrogens with one attached hydrogen (secondary N) is 1. The van der Waals surface area contributed by atoms with Crippen LogP contribution in [0.1, 0.15) is 15.2 Å². The highest BCUT2D eigenvalue weighted by Crippen LogP contribution is 2.28. The third-order valence-electron chi connectivity index (χ3n) is 2.32. The minimum Gasteiger partial charge on any atom is -0.321 e. The first kappa shape index (κ1) is 14.1. The van der Waals surface area contributed by atoms with Gasteiger partial charge in [-0.15, -0.1) is 11.3 Å². The molecule has 2 aromatic rings. The Labute approximate surface area is 119 Å². The van der Waals surface area contributed by atoms with Crippen molar-refractivity contribution in [3.8, 4) is 0 Å². The van der Waals surface area contributed by atoms with Crippen molar-refractivity contribution in [3.63, 3.8) is 0 Å². The van der Waals surface area contributed by atoms with Crippen molar-refractivity contribution in [2.24, 2.45) is 0 Å². The van der Waals surface area contributed by atoms with E-state index in [4.69, 9.17) is 0 Å². The summed E-state index contributed by atoms with van der Waals surface area (Å²) in [6.07, 6.45) is 0. The molecule has 1 N–H and O–H groups in total. The molecule has 1 aromatic carbocycles. The van der Waals surface area contributed by atoms with Crippen LogP contribution in [0, 0.1) is 24.4 Å². The standard InChI is InChI=1S/C12H7BrF3NOS/c1-5-2-9(19-11(5)13)12(18)17-6-3-7(14)10(16)8(15)4-6/h2-4H,1H3,(H,17,18). The molecule has 0 aliphatic rings. The van der Waals surface area contributed by atoms with Gasteiger partial charge in [0, 0.05) is 17.8 Å². The minimum atomic E-state index is -1.56. The van der Waals surface area contributed by atoms with Crippen molar-refractivity contribution in [2.75, 3.05) is 5.32 Å². The Morgan fingerprint density at radius 3 is 2.26 bits per heavy atom. The molecule has 1 heterocycles. The van der Waals surface area contributed by atoms with Crippen molar-refractivity contribution in [1.82, 2.24) is 0 Å². The zero-order valence-electron chi connectivity index (χ0n) is 9.56. The first-order valence-corrected chi connectivity index (χ1v) is 6.71. The summed E-state index contributed by atoms with van der Waals surface area (Å²) in [6, 6.07) is 3.10. The number of aryl methyl sites for hydroxylation is 1. The molecule has 0 spiro atoms. The molecule has 2 rings (SSSR count).